The molecule has 1 amide bonds. The molecule has 0 saturated carbocycles. The third kappa shape index (κ3) is 3.56. The summed E-state index contributed by atoms with van der Waals surface area (Å²) in [4.78, 5) is 14.2. The number of nitrogens with one attached hydrogen (secondary N) is 1. The van der Waals surface area contributed by atoms with Crippen LogP contribution >= 0.6 is 0 Å². The average Bonchev–Trinajstić information content (AvgIpc) is 2.44. The number of anilines is 1. The largest absolute Gasteiger partial charge is 0.369 e. The summed E-state index contributed by atoms with van der Waals surface area (Å²) in [6.07, 6.45) is 2.08. The summed E-state index contributed by atoms with van der Waals surface area (Å²) < 4.78 is 0. The number of nitrogens with zero attached hydrogens (tertiary/aromatic N) is 1. The van der Waals surface area contributed by atoms with E-state index in [4.69, 9.17) is 5.73 Å². The topological polar surface area (TPSA) is 58.4 Å². The van der Waals surface area contributed by atoms with E-state index in [9.17, 15) is 4.79 Å². The zero-order valence-corrected chi connectivity index (χ0v) is 13.4. The molecule has 1 aliphatic heterocycles. The van der Waals surface area contributed by atoms with E-state index in [-0.39, 0.29) is 5.91 Å². The molecular formula is C17H27N3O. The van der Waals surface area contributed by atoms with Crippen LogP contribution < -0.4 is 16.0 Å². The van der Waals surface area contributed by atoms with E-state index < -0.39 is 5.54 Å². The van der Waals surface area contributed by atoms with Crippen LogP contribution in [0.2, 0.25) is 0 Å². The Balaban J connectivity index is 2.23. The van der Waals surface area contributed by atoms with Crippen LogP contribution in [0, 0.1) is 5.92 Å². The van der Waals surface area contributed by atoms with Gasteiger partial charge in [0.1, 0.15) is 5.54 Å². The normalized spacial score (nSPS) is 20.7. The van der Waals surface area contributed by atoms with Crippen LogP contribution in [-0.2, 0) is 11.2 Å². The predicted molar refractivity (Wildman–Crippen MR) is 87.4 cm³/mol. The predicted octanol–water partition coefficient (Wildman–Crippen LogP) is 1.93. The molecule has 1 aromatic rings. The number of primary amides is 1. The van der Waals surface area contributed by atoms with E-state index in [1.165, 1.54) is 11.3 Å². The lowest BCUT2D eigenvalue weighted by molar-refractivity contribution is -0.123. The molecule has 0 aliphatic carbocycles. The van der Waals surface area contributed by atoms with Crippen LogP contribution in [0.1, 0.15) is 32.8 Å². The highest BCUT2D eigenvalue weighted by atomic mass is 16.1. The minimum atomic E-state index is -0.694. The van der Waals surface area contributed by atoms with Crippen molar-refractivity contribution in [3.63, 3.8) is 0 Å². The Morgan fingerprint density at radius 3 is 2.86 bits per heavy atom. The Morgan fingerprint density at radius 1 is 1.48 bits per heavy atom. The number of rotatable bonds is 6. The minimum absolute atomic E-state index is 0.286. The molecule has 2 atom stereocenters. The number of hydrogen-bond acceptors (Lipinski definition) is 3. The van der Waals surface area contributed by atoms with Crippen molar-refractivity contribution in [2.24, 2.45) is 11.7 Å². The molecule has 0 saturated heterocycles. The zero-order chi connectivity index (χ0) is 15.5. The highest BCUT2D eigenvalue weighted by Crippen LogP contribution is 2.30. The van der Waals surface area contributed by atoms with E-state index in [0.717, 1.165) is 25.9 Å². The first-order valence-corrected chi connectivity index (χ1v) is 7.84. The van der Waals surface area contributed by atoms with Crippen LogP contribution in [0.25, 0.3) is 0 Å². The molecular weight excluding hydrogens is 262 g/mol. The van der Waals surface area contributed by atoms with Crippen LogP contribution in [-0.4, -0.2) is 31.1 Å². The summed E-state index contributed by atoms with van der Waals surface area (Å²) in [6, 6.07) is 8.46. The van der Waals surface area contributed by atoms with Gasteiger partial charge in [-0.15, -0.1) is 0 Å². The molecule has 1 heterocycles. The van der Waals surface area contributed by atoms with Gasteiger partial charge in [0.25, 0.3) is 0 Å². The molecule has 4 nitrogen and oxygen atoms in total. The van der Waals surface area contributed by atoms with Gasteiger partial charge < -0.3 is 16.0 Å². The molecule has 1 aliphatic rings. The van der Waals surface area contributed by atoms with Crippen molar-refractivity contribution in [1.82, 2.24) is 5.32 Å². The van der Waals surface area contributed by atoms with E-state index in [2.05, 4.69) is 48.3 Å². The molecule has 0 spiro atoms. The number of carbonyl (C=O) groups excluding carboxylic acids is 1. The summed E-state index contributed by atoms with van der Waals surface area (Å²) in [5, 5.41) is 3.32. The number of amides is 1. The van der Waals surface area contributed by atoms with Crippen LogP contribution in [0.5, 0.6) is 0 Å². The number of nitrogens with two attached hydrogens (primary N) is 1. The maximum atomic E-state index is 11.9. The molecule has 2 rings (SSSR count). The van der Waals surface area contributed by atoms with Gasteiger partial charge in [-0.05, 0) is 43.9 Å². The fourth-order valence-electron chi connectivity index (χ4n) is 3.06. The molecule has 0 radical (unpaired) electrons. The summed E-state index contributed by atoms with van der Waals surface area (Å²) in [7, 11) is 0. The molecule has 0 bridgehead atoms. The number of hydrogen-bond donors (Lipinski definition) is 2. The lowest BCUT2D eigenvalue weighted by Gasteiger charge is -2.40. The van der Waals surface area contributed by atoms with Gasteiger partial charge in [-0.2, -0.15) is 0 Å². The molecule has 2 unspecified atom stereocenters. The van der Waals surface area contributed by atoms with Crippen molar-refractivity contribution in [3.8, 4) is 0 Å². The molecule has 1 aromatic carbocycles. The highest BCUT2D eigenvalue weighted by Gasteiger charge is 2.34. The second-order valence-electron chi connectivity index (χ2n) is 6.44. The molecule has 0 fully saturated rings. The first kappa shape index (κ1) is 15.8. The number of benzene rings is 1. The smallest absolute Gasteiger partial charge is 0.239 e. The number of fused-ring (bicyclic) bond motifs is 1. The van der Waals surface area contributed by atoms with E-state index >= 15 is 0 Å². The first-order chi connectivity index (χ1) is 9.96. The molecule has 116 valence electrons. The number of para-hydroxylation sites is 1. The standard InChI is InChI=1S/C17H27N3O/c1-4-9-19-17(3,16(18)21)12-20-11-13(2)10-14-7-5-6-8-15(14)20/h5-8,13,19H,4,9-12H2,1-3H3,(H2,18,21). The monoisotopic (exact) mass is 289 g/mol. The van der Waals surface area contributed by atoms with Gasteiger partial charge in [0, 0.05) is 18.8 Å². The van der Waals surface area contributed by atoms with Crippen molar-refractivity contribution in [1.29, 1.82) is 0 Å². The Bertz CT molecular complexity index is 503. The molecule has 21 heavy (non-hydrogen) atoms. The molecule has 0 aromatic heterocycles. The van der Waals surface area contributed by atoms with Gasteiger partial charge in [-0.1, -0.05) is 32.0 Å². The van der Waals surface area contributed by atoms with Gasteiger partial charge in [0.2, 0.25) is 5.91 Å². The Morgan fingerprint density at radius 2 is 2.19 bits per heavy atom. The van der Waals surface area contributed by atoms with Crippen molar-refractivity contribution in [2.45, 2.75) is 39.2 Å². The fraction of sp³-hybridized carbons (Fsp3) is 0.588. The van der Waals surface area contributed by atoms with Crippen molar-refractivity contribution < 1.29 is 4.79 Å². The summed E-state index contributed by atoms with van der Waals surface area (Å²) in [5.74, 6) is 0.301. The lowest BCUT2D eigenvalue weighted by atomic mass is 9.91. The lowest BCUT2D eigenvalue weighted by Crippen LogP contribution is -2.60. The third-order valence-electron chi connectivity index (χ3n) is 4.25. The fourth-order valence-corrected chi connectivity index (χ4v) is 3.06. The Kier molecular flexibility index (Phi) is 4.88. The van der Waals surface area contributed by atoms with Crippen LogP contribution in [0.4, 0.5) is 5.69 Å². The average molecular weight is 289 g/mol. The first-order valence-electron chi connectivity index (χ1n) is 7.84. The third-order valence-corrected chi connectivity index (χ3v) is 4.25. The van der Waals surface area contributed by atoms with Gasteiger partial charge in [-0.25, -0.2) is 0 Å². The SMILES string of the molecule is CCCNC(C)(CN1CC(C)Cc2ccccc21)C(N)=O. The van der Waals surface area contributed by atoms with E-state index in [0.29, 0.717) is 12.5 Å². The van der Waals surface area contributed by atoms with Crippen molar-refractivity contribution >= 4 is 11.6 Å². The maximum Gasteiger partial charge on any atom is 0.239 e. The van der Waals surface area contributed by atoms with Gasteiger partial charge in [0.05, 0.1) is 0 Å². The quantitative estimate of drug-likeness (QED) is 0.841. The maximum absolute atomic E-state index is 11.9. The van der Waals surface area contributed by atoms with Crippen molar-refractivity contribution in [3.05, 3.63) is 29.8 Å². The summed E-state index contributed by atoms with van der Waals surface area (Å²) in [6.45, 7) is 8.63. The Hall–Kier alpha value is -1.55. The zero-order valence-electron chi connectivity index (χ0n) is 13.4. The van der Waals surface area contributed by atoms with Gasteiger partial charge in [0.15, 0.2) is 0 Å². The van der Waals surface area contributed by atoms with Gasteiger partial charge >= 0.3 is 0 Å². The summed E-state index contributed by atoms with van der Waals surface area (Å²) in [5.41, 5.74) is 7.56. The van der Waals surface area contributed by atoms with E-state index in [1.807, 2.05) is 6.92 Å². The highest BCUT2D eigenvalue weighted by molar-refractivity contribution is 5.85. The minimum Gasteiger partial charge on any atom is -0.369 e. The molecule has 3 N–H and O–H groups in total. The van der Waals surface area contributed by atoms with Crippen LogP contribution in [0.3, 0.4) is 0 Å². The van der Waals surface area contributed by atoms with Gasteiger partial charge in [-0.3, -0.25) is 4.79 Å². The summed E-state index contributed by atoms with van der Waals surface area (Å²) >= 11 is 0. The Labute approximate surface area is 127 Å². The van der Waals surface area contributed by atoms with E-state index in [1.54, 1.807) is 0 Å². The second kappa shape index (κ2) is 6.48. The second-order valence-corrected chi connectivity index (χ2v) is 6.44. The van der Waals surface area contributed by atoms with Crippen molar-refractivity contribution in [2.75, 3.05) is 24.5 Å². The number of carbonyl (C=O) groups is 1. The molecule has 4 heteroatoms. The van der Waals surface area contributed by atoms with Crippen LogP contribution in [0.15, 0.2) is 24.3 Å².